The zero-order valence-electron chi connectivity index (χ0n) is 18.3. The van der Waals surface area contributed by atoms with Gasteiger partial charge in [0.1, 0.15) is 11.8 Å². The van der Waals surface area contributed by atoms with Crippen molar-refractivity contribution >= 4 is 22.8 Å². The summed E-state index contributed by atoms with van der Waals surface area (Å²) in [6, 6.07) is 15.7. The van der Waals surface area contributed by atoms with Crippen LogP contribution in [0.2, 0.25) is 0 Å². The molecule has 33 heavy (non-hydrogen) atoms. The van der Waals surface area contributed by atoms with Crippen LogP contribution in [0.15, 0.2) is 58.2 Å². The van der Waals surface area contributed by atoms with Gasteiger partial charge in [-0.05, 0) is 36.1 Å². The van der Waals surface area contributed by atoms with Crippen LogP contribution in [-0.4, -0.2) is 39.4 Å². The van der Waals surface area contributed by atoms with Crippen LogP contribution in [0.5, 0.6) is 5.75 Å². The number of ether oxygens (including phenoxy) is 1. The van der Waals surface area contributed by atoms with E-state index in [0.717, 1.165) is 17.5 Å². The van der Waals surface area contributed by atoms with Crippen molar-refractivity contribution in [2.45, 2.75) is 37.6 Å². The highest BCUT2D eigenvalue weighted by Crippen LogP contribution is 2.33. The topological polar surface area (TPSA) is 105 Å². The molecule has 1 saturated heterocycles. The maximum Gasteiger partial charge on any atom is 0.264 e. The third-order valence-electron chi connectivity index (χ3n) is 5.77. The summed E-state index contributed by atoms with van der Waals surface area (Å²) in [5, 5.41) is 10.8. The van der Waals surface area contributed by atoms with Crippen molar-refractivity contribution in [3.05, 3.63) is 65.5 Å². The van der Waals surface area contributed by atoms with E-state index in [1.165, 1.54) is 17.3 Å². The highest BCUT2D eigenvalue weighted by molar-refractivity contribution is 8.13. The molecule has 3 aromatic rings. The quantitative estimate of drug-likeness (QED) is 0.573. The highest BCUT2D eigenvalue weighted by atomic mass is 32.2. The molecule has 2 aromatic carbocycles. The molecular weight excluding hydrogens is 440 g/mol. The molecule has 2 N–H and O–H groups in total. The standard InChI is InChI=1S/C23H24N6O3S/c1-3-14-8-10-15(11-9-14)17-12-18-22(30)25-26-23(29(18)27-17)33-13-20-24-21(28-32-20)16-6-4-5-7-19(16)31-2/h4-11,17-18,27H,3,12-13H2,1-2H3,(H,25,30). The van der Waals surface area contributed by atoms with Gasteiger partial charge < -0.3 is 9.26 Å². The van der Waals surface area contributed by atoms with Crippen molar-refractivity contribution in [3.8, 4) is 17.1 Å². The Morgan fingerprint density at radius 1 is 1.21 bits per heavy atom. The predicted octanol–water partition coefficient (Wildman–Crippen LogP) is 3.26. The molecule has 1 amide bonds. The molecule has 5 rings (SSSR count). The number of benzene rings is 2. The summed E-state index contributed by atoms with van der Waals surface area (Å²) >= 11 is 1.42. The van der Waals surface area contributed by atoms with Gasteiger partial charge in [-0.3, -0.25) is 9.80 Å². The van der Waals surface area contributed by atoms with Gasteiger partial charge in [0, 0.05) is 0 Å². The van der Waals surface area contributed by atoms with Gasteiger partial charge in [-0.15, -0.1) is 5.10 Å². The molecule has 0 saturated carbocycles. The van der Waals surface area contributed by atoms with Crippen LogP contribution in [0.25, 0.3) is 11.4 Å². The van der Waals surface area contributed by atoms with Crippen LogP contribution in [0.4, 0.5) is 0 Å². The Labute approximate surface area is 195 Å². The summed E-state index contributed by atoms with van der Waals surface area (Å²) in [6.45, 7) is 2.14. The summed E-state index contributed by atoms with van der Waals surface area (Å²) in [5.41, 5.74) is 9.29. The fourth-order valence-corrected chi connectivity index (χ4v) is 4.76. The number of carbonyl (C=O) groups excluding carboxylic acids is 1. The Morgan fingerprint density at radius 3 is 2.82 bits per heavy atom. The Kier molecular flexibility index (Phi) is 6.01. The van der Waals surface area contributed by atoms with E-state index in [9.17, 15) is 4.79 Å². The van der Waals surface area contributed by atoms with Crippen LogP contribution in [0, 0.1) is 0 Å². The smallest absolute Gasteiger partial charge is 0.264 e. The molecule has 2 aliphatic heterocycles. The number of aromatic nitrogens is 2. The summed E-state index contributed by atoms with van der Waals surface area (Å²) in [7, 11) is 1.61. The van der Waals surface area contributed by atoms with E-state index in [-0.39, 0.29) is 18.0 Å². The second kappa shape index (κ2) is 9.24. The summed E-state index contributed by atoms with van der Waals surface area (Å²) < 4.78 is 10.8. The SMILES string of the molecule is CCc1ccc(C2CC3C(=O)NN=C(SCc4nc(-c5ccccc5OC)no4)N3N2)cc1. The Balaban J connectivity index is 1.27. The van der Waals surface area contributed by atoms with Gasteiger partial charge in [-0.1, -0.05) is 60.2 Å². The number of rotatable bonds is 6. The number of amides is 1. The normalized spacial score (nSPS) is 19.8. The minimum atomic E-state index is -0.326. The number of nitrogens with one attached hydrogen (secondary N) is 2. The number of carbonyl (C=O) groups is 1. The van der Waals surface area contributed by atoms with E-state index >= 15 is 0 Å². The van der Waals surface area contributed by atoms with Crippen LogP contribution >= 0.6 is 11.8 Å². The first-order valence-electron chi connectivity index (χ1n) is 10.8. The number of thioether (sulfide) groups is 1. The molecule has 2 aliphatic rings. The van der Waals surface area contributed by atoms with E-state index in [2.05, 4.69) is 57.3 Å². The number of fused-ring (bicyclic) bond motifs is 1. The van der Waals surface area contributed by atoms with Crippen molar-refractivity contribution in [1.29, 1.82) is 0 Å². The molecule has 10 heteroatoms. The molecule has 1 aromatic heterocycles. The van der Waals surface area contributed by atoms with Gasteiger partial charge in [-0.2, -0.15) is 4.98 Å². The molecule has 170 valence electrons. The van der Waals surface area contributed by atoms with Crippen molar-refractivity contribution in [2.24, 2.45) is 5.10 Å². The average Bonchev–Trinajstić information content (AvgIpc) is 3.52. The number of methoxy groups -OCH3 is 1. The molecule has 0 radical (unpaired) electrons. The lowest BCUT2D eigenvalue weighted by atomic mass is 10.00. The van der Waals surface area contributed by atoms with Crippen molar-refractivity contribution < 1.29 is 14.1 Å². The molecule has 1 fully saturated rings. The second-order valence-electron chi connectivity index (χ2n) is 7.77. The van der Waals surface area contributed by atoms with Crippen molar-refractivity contribution in [3.63, 3.8) is 0 Å². The maximum absolute atomic E-state index is 12.4. The van der Waals surface area contributed by atoms with Gasteiger partial charge in [-0.25, -0.2) is 10.9 Å². The minimum absolute atomic E-state index is 0.0381. The lowest BCUT2D eigenvalue weighted by Gasteiger charge is -2.29. The maximum atomic E-state index is 12.4. The fourth-order valence-electron chi connectivity index (χ4n) is 3.96. The fraction of sp³-hybridized carbons (Fsp3) is 0.304. The number of nitrogens with zero attached hydrogens (tertiary/aromatic N) is 4. The van der Waals surface area contributed by atoms with Gasteiger partial charge in [0.25, 0.3) is 5.91 Å². The Bertz CT molecular complexity index is 1180. The van der Waals surface area contributed by atoms with E-state index in [1.807, 2.05) is 29.3 Å². The lowest BCUT2D eigenvalue weighted by molar-refractivity contribution is -0.125. The number of hydrazone groups is 1. The summed E-state index contributed by atoms with van der Waals surface area (Å²) in [5.74, 6) is 1.91. The Morgan fingerprint density at radius 2 is 2.03 bits per heavy atom. The molecule has 0 aliphatic carbocycles. The van der Waals surface area contributed by atoms with E-state index in [1.54, 1.807) is 7.11 Å². The first kappa shape index (κ1) is 21.5. The largest absolute Gasteiger partial charge is 0.496 e. The molecule has 3 heterocycles. The molecule has 0 bridgehead atoms. The third-order valence-corrected chi connectivity index (χ3v) is 6.70. The van der Waals surface area contributed by atoms with E-state index in [4.69, 9.17) is 9.26 Å². The molecule has 2 atom stereocenters. The van der Waals surface area contributed by atoms with Gasteiger partial charge in [0.05, 0.1) is 24.5 Å². The number of hydrogen-bond donors (Lipinski definition) is 2. The minimum Gasteiger partial charge on any atom is -0.496 e. The molecular formula is C23H24N6O3S. The number of para-hydroxylation sites is 1. The van der Waals surface area contributed by atoms with Crippen molar-refractivity contribution in [1.82, 2.24) is 26.0 Å². The van der Waals surface area contributed by atoms with Gasteiger partial charge in [0.15, 0.2) is 5.17 Å². The predicted molar refractivity (Wildman–Crippen MR) is 125 cm³/mol. The number of aryl methyl sites for hydroxylation is 1. The van der Waals surface area contributed by atoms with Crippen LogP contribution in [0.1, 0.15) is 36.4 Å². The summed E-state index contributed by atoms with van der Waals surface area (Å²) in [6.07, 6.45) is 1.66. The van der Waals surface area contributed by atoms with Gasteiger partial charge in [0.2, 0.25) is 11.7 Å². The first-order chi connectivity index (χ1) is 16.2. The summed E-state index contributed by atoms with van der Waals surface area (Å²) in [4.78, 5) is 16.9. The van der Waals surface area contributed by atoms with Crippen LogP contribution < -0.4 is 15.6 Å². The number of amidine groups is 1. The number of hydrazine groups is 1. The monoisotopic (exact) mass is 464 g/mol. The zero-order valence-corrected chi connectivity index (χ0v) is 19.1. The first-order valence-corrected chi connectivity index (χ1v) is 11.8. The van der Waals surface area contributed by atoms with E-state index < -0.39 is 0 Å². The van der Waals surface area contributed by atoms with Crippen LogP contribution in [-0.2, 0) is 17.0 Å². The van der Waals surface area contributed by atoms with Gasteiger partial charge >= 0.3 is 0 Å². The molecule has 2 unspecified atom stereocenters. The van der Waals surface area contributed by atoms with E-state index in [0.29, 0.717) is 34.8 Å². The highest BCUT2D eigenvalue weighted by Gasteiger charge is 2.41. The average molecular weight is 465 g/mol. The van der Waals surface area contributed by atoms with Crippen LogP contribution in [0.3, 0.4) is 0 Å². The molecule has 9 nitrogen and oxygen atoms in total. The number of hydrogen-bond acceptors (Lipinski definition) is 9. The van der Waals surface area contributed by atoms with Crippen molar-refractivity contribution in [2.75, 3.05) is 7.11 Å². The second-order valence-corrected chi connectivity index (χ2v) is 8.71. The molecule has 0 spiro atoms. The third kappa shape index (κ3) is 4.31. The lowest BCUT2D eigenvalue weighted by Crippen LogP contribution is -2.52. The zero-order chi connectivity index (χ0) is 22.8. The Hall–Kier alpha value is -3.37.